The molecule has 26 heavy (non-hydrogen) atoms. The zero-order valence-electron chi connectivity index (χ0n) is 14.1. The van der Waals surface area contributed by atoms with Crippen LogP contribution in [0.3, 0.4) is 0 Å². The minimum atomic E-state index is -1.07. The van der Waals surface area contributed by atoms with Gasteiger partial charge in [0.05, 0.1) is 12.1 Å². The number of pyridine rings is 1. The van der Waals surface area contributed by atoms with Crippen LogP contribution in [0.1, 0.15) is 12.1 Å². The summed E-state index contributed by atoms with van der Waals surface area (Å²) >= 11 is 0. The van der Waals surface area contributed by atoms with Crippen LogP contribution in [0.25, 0.3) is 10.8 Å². The zero-order valence-corrected chi connectivity index (χ0v) is 14.1. The molecule has 0 saturated heterocycles. The molecule has 1 amide bonds. The lowest BCUT2D eigenvalue weighted by atomic mass is 10.1. The van der Waals surface area contributed by atoms with E-state index < -0.39 is 12.0 Å². The molecule has 0 spiro atoms. The first kappa shape index (κ1) is 17.6. The molecule has 0 fully saturated rings. The highest BCUT2D eigenvalue weighted by Gasteiger charge is 2.21. The van der Waals surface area contributed by atoms with Gasteiger partial charge < -0.3 is 10.4 Å². The Morgan fingerprint density at radius 1 is 1.00 bits per heavy atom. The third kappa shape index (κ3) is 4.64. The number of nitrogens with zero attached hydrogens (tertiary/aromatic N) is 1. The number of carbonyl (C=O) groups is 2. The molecule has 0 aliphatic rings. The number of hydrogen-bond donors (Lipinski definition) is 3. The van der Waals surface area contributed by atoms with Crippen molar-refractivity contribution >= 4 is 28.3 Å². The molecule has 0 bridgehead atoms. The van der Waals surface area contributed by atoms with E-state index in [0.717, 1.165) is 10.8 Å². The number of carbonyl (C=O) groups excluding carboxylic acids is 1. The number of aliphatic carboxylic acids is 1. The van der Waals surface area contributed by atoms with E-state index in [9.17, 15) is 14.7 Å². The second-order valence-electron chi connectivity index (χ2n) is 5.91. The Bertz CT molecular complexity index is 912. The molecule has 2 aromatic carbocycles. The van der Waals surface area contributed by atoms with E-state index in [-0.39, 0.29) is 18.9 Å². The topological polar surface area (TPSA) is 91.3 Å². The molecular weight excluding hydrogens is 330 g/mol. The number of benzene rings is 2. The first-order chi connectivity index (χ1) is 12.6. The van der Waals surface area contributed by atoms with E-state index in [0.29, 0.717) is 11.4 Å². The van der Waals surface area contributed by atoms with Gasteiger partial charge in [-0.05, 0) is 35.0 Å². The third-order valence-corrected chi connectivity index (χ3v) is 3.98. The first-order valence-corrected chi connectivity index (χ1v) is 8.26. The molecule has 3 rings (SSSR count). The molecule has 0 saturated carbocycles. The molecule has 0 aliphatic heterocycles. The lowest BCUT2D eigenvalue weighted by molar-refractivity contribution is -0.141. The Morgan fingerprint density at radius 2 is 1.77 bits per heavy atom. The Balaban J connectivity index is 1.60. The van der Waals surface area contributed by atoms with Crippen LogP contribution in [0.4, 0.5) is 5.69 Å². The SMILES string of the molecule is O=C(CC(NCc1ccccn1)C(=O)O)Nc1ccc2ccccc2c1. The lowest BCUT2D eigenvalue weighted by Crippen LogP contribution is -2.39. The van der Waals surface area contributed by atoms with E-state index in [1.54, 1.807) is 24.4 Å². The van der Waals surface area contributed by atoms with E-state index in [1.165, 1.54) is 0 Å². The van der Waals surface area contributed by atoms with Gasteiger partial charge in [0, 0.05) is 18.4 Å². The van der Waals surface area contributed by atoms with Crippen LogP contribution < -0.4 is 10.6 Å². The summed E-state index contributed by atoms with van der Waals surface area (Å²) in [5.74, 6) is -1.43. The monoisotopic (exact) mass is 349 g/mol. The number of carboxylic acid groups (broad SMARTS) is 1. The van der Waals surface area contributed by atoms with Gasteiger partial charge in [-0.25, -0.2) is 0 Å². The molecule has 1 unspecified atom stereocenters. The Morgan fingerprint density at radius 3 is 2.50 bits per heavy atom. The van der Waals surface area contributed by atoms with Crippen molar-refractivity contribution in [3.63, 3.8) is 0 Å². The van der Waals surface area contributed by atoms with Gasteiger partial charge in [-0.15, -0.1) is 0 Å². The fourth-order valence-corrected chi connectivity index (χ4v) is 2.64. The highest BCUT2D eigenvalue weighted by molar-refractivity contribution is 5.96. The summed E-state index contributed by atoms with van der Waals surface area (Å²) in [6, 6.07) is 17.8. The number of rotatable bonds is 7. The second-order valence-corrected chi connectivity index (χ2v) is 5.91. The predicted octanol–water partition coefficient (Wildman–Crippen LogP) is 2.81. The van der Waals surface area contributed by atoms with Crippen LogP contribution >= 0.6 is 0 Å². The smallest absolute Gasteiger partial charge is 0.321 e. The lowest BCUT2D eigenvalue weighted by Gasteiger charge is -2.14. The molecule has 6 heteroatoms. The Hall–Kier alpha value is -3.25. The van der Waals surface area contributed by atoms with Gasteiger partial charge in [0.15, 0.2) is 0 Å². The van der Waals surface area contributed by atoms with E-state index >= 15 is 0 Å². The van der Waals surface area contributed by atoms with Crippen molar-refractivity contribution in [2.75, 3.05) is 5.32 Å². The average Bonchev–Trinajstić information content (AvgIpc) is 2.65. The quantitative estimate of drug-likeness (QED) is 0.610. The number of hydrogen-bond acceptors (Lipinski definition) is 4. The van der Waals surface area contributed by atoms with E-state index in [2.05, 4.69) is 15.6 Å². The number of fused-ring (bicyclic) bond motifs is 1. The van der Waals surface area contributed by atoms with Crippen molar-refractivity contribution in [1.29, 1.82) is 0 Å². The molecule has 1 heterocycles. The molecule has 3 N–H and O–H groups in total. The highest BCUT2D eigenvalue weighted by atomic mass is 16.4. The van der Waals surface area contributed by atoms with Crippen LogP contribution in [0.2, 0.25) is 0 Å². The van der Waals surface area contributed by atoms with E-state index in [4.69, 9.17) is 0 Å². The maximum absolute atomic E-state index is 12.2. The summed E-state index contributed by atoms with van der Waals surface area (Å²) in [5.41, 5.74) is 1.36. The minimum Gasteiger partial charge on any atom is -0.480 e. The van der Waals surface area contributed by atoms with Crippen molar-refractivity contribution < 1.29 is 14.7 Å². The van der Waals surface area contributed by atoms with Gasteiger partial charge in [-0.2, -0.15) is 0 Å². The van der Waals surface area contributed by atoms with Crippen molar-refractivity contribution in [1.82, 2.24) is 10.3 Å². The van der Waals surface area contributed by atoms with Crippen LogP contribution in [0.15, 0.2) is 66.9 Å². The molecule has 1 aromatic heterocycles. The molecule has 132 valence electrons. The molecule has 1 atom stereocenters. The number of amides is 1. The van der Waals surface area contributed by atoms with Crippen LogP contribution in [-0.4, -0.2) is 28.0 Å². The molecule has 0 radical (unpaired) electrons. The standard InChI is InChI=1S/C20H19N3O3/c24-19(23-16-9-8-14-5-1-2-6-15(14)11-16)12-18(20(25)26)22-13-17-7-3-4-10-21-17/h1-11,18,22H,12-13H2,(H,23,24)(H,25,26). The summed E-state index contributed by atoms with van der Waals surface area (Å²) in [5, 5.41) is 17.0. The third-order valence-electron chi connectivity index (χ3n) is 3.98. The van der Waals surface area contributed by atoms with Crippen molar-refractivity contribution in [3.05, 3.63) is 72.6 Å². The van der Waals surface area contributed by atoms with Crippen LogP contribution in [0.5, 0.6) is 0 Å². The summed E-state index contributed by atoms with van der Waals surface area (Å²) < 4.78 is 0. The van der Waals surface area contributed by atoms with Gasteiger partial charge in [-0.3, -0.25) is 19.9 Å². The number of anilines is 1. The van der Waals surface area contributed by atoms with Gasteiger partial charge in [0.1, 0.15) is 6.04 Å². The number of carboxylic acids is 1. The largest absolute Gasteiger partial charge is 0.480 e. The normalized spacial score (nSPS) is 11.8. The van der Waals surface area contributed by atoms with Crippen LogP contribution in [-0.2, 0) is 16.1 Å². The van der Waals surface area contributed by atoms with Gasteiger partial charge in [-0.1, -0.05) is 36.4 Å². The molecular formula is C20H19N3O3. The summed E-state index contributed by atoms with van der Waals surface area (Å²) in [6.07, 6.45) is 1.47. The first-order valence-electron chi connectivity index (χ1n) is 8.26. The van der Waals surface area contributed by atoms with Gasteiger partial charge in [0.25, 0.3) is 0 Å². The maximum atomic E-state index is 12.2. The van der Waals surface area contributed by atoms with E-state index in [1.807, 2.05) is 42.5 Å². The Labute approximate surface area is 150 Å². The maximum Gasteiger partial charge on any atom is 0.321 e. The summed E-state index contributed by atoms with van der Waals surface area (Å²) in [4.78, 5) is 27.8. The fraction of sp³-hybridized carbons (Fsp3) is 0.150. The number of nitrogens with one attached hydrogen (secondary N) is 2. The molecule has 3 aromatic rings. The summed E-state index contributed by atoms with van der Waals surface area (Å²) in [6.45, 7) is 0.279. The van der Waals surface area contributed by atoms with Gasteiger partial charge in [0.2, 0.25) is 5.91 Å². The second kappa shape index (κ2) is 8.22. The Kier molecular flexibility index (Phi) is 5.56. The van der Waals surface area contributed by atoms with Crippen molar-refractivity contribution in [2.24, 2.45) is 0 Å². The molecule has 0 aliphatic carbocycles. The number of aromatic nitrogens is 1. The fourth-order valence-electron chi connectivity index (χ4n) is 2.64. The zero-order chi connectivity index (χ0) is 18.4. The van der Waals surface area contributed by atoms with Crippen molar-refractivity contribution in [2.45, 2.75) is 19.0 Å². The average molecular weight is 349 g/mol. The van der Waals surface area contributed by atoms with Crippen molar-refractivity contribution in [3.8, 4) is 0 Å². The minimum absolute atomic E-state index is 0.172. The molecule has 6 nitrogen and oxygen atoms in total. The highest BCUT2D eigenvalue weighted by Crippen LogP contribution is 2.19. The summed E-state index contributed by atoms with van der Waals surface area (Å²) in [7, 11) is 0. The van der Waals surface area contributed by atoms with Crippen LogP contribution in [0, 0.1) is 0 Å². The van der Waals surface area contributed by atoms with Gasteiger partial charge >= 0.3 is 5.97 Å². The predicted molar refractivity (Wildman–Crippen MR) is 99.7 cm³/mol.